The van der Waals surface area contributed by atoms with Crippen LogP contribution in [0.15, 0.2) is 12.0 Å². The Bertz CT molecular complexity index is 498. The van der Waals surface area contributed by atoms with E-state index < -0.39 is 68.1 Å². The van der Waals surface area contributed by atoms with Gasteiger partial charge in [0.25, 0.3) is 0 Å². The summed E-state index contributed by atoms with van der Waals surface area (Å²) in [4.78, 5) is 11.2. The minimum Gasteiger partial charge on any atom is -0.491 e. The monoisotopic (exact) mass is 365 g/mol. The number of carbonyl (C=O) groups is 1. The van der Waals surface area contributed by atoms with Gasteiger partial charge in [-0.2, -0.15) is 0 Å². The molecule has 0 bridgehead atoms. The highest BCUT2D eigenvalue weighted by Gasteiger charge is 2.47. The van der Waals surface area contributed by atoms with Gasteiger partial charge >= 0.3 is 0 Å². The van der Waals surface area contributed by atoms with Gasteiger partial charge in [-0.15, -0.1) is 0 Å². The lowest BCUT2D eigenvalue weighted by molar-refractivity contribution is -0.324. The molecule has 0 aliphatic carbocycles. The first-order valence-corrected chi connectivity index (χ1v) is 7.68. The van der Waals surface area contributed by atoms with Crippen LogP contribution in [0, 0.1) is 0 Å². The number of rotatable bonds is 5. The summed E-state index contributed by atoms with van der Waals surface area (Å²) in [7, 11) is 0. The minimum atomic E-state index is -1.68. The molecule has 0 aromatic heterocycles. The normalized spacial score (nSPS) is 41.6. The smallest absolute Gasteiger partial charge is 0.221 e. The molecule has 0 aromatic carbocycles. The third-order valence-corrected chi connectivity index (χ3v) is 4.01. The van der Waals surface area contributed by atoms with Crippen molar-refractivity contribution in [3.05, 3.63) is 12.0 Å². The first-order chi connectivity index (χ1) is 11.8. The highest BCUT2D eigenvalue weighted by Crippen LogP contribution is 2.27. The van der Waals surface area contributed by atoms with Gasteiger partial charge in [0.15, 0.2) is 6.29 Å². The van der Waals surface area contributed by atoms with Crippen molar-refractivity contribution in [2.45, 2.75) is 55.9 Å². The summed E-state index contributed by atoms with van der Waals surface area (Å²) >= 11 is 0. The molecular formula is C14H23NO10. The average molecular weight is 365 g/mol. The van der Waals surface area contributed by atoms with Crippen LogP contribution in [-0.4, -0.2) is 98.8 Å². The first kappa shape index (κ1) is 20.0. The number of hydrogen-bond acceptors (Lipinski definition) is 10. The Hall–Kier alpha value is -1.31. The molecule has 25 heavy (non-hydrogen) atoms. The summed E-state index contributed by atoms with van der Waals surface area (Å²) in [6.45, 7) is 0.0249. The van der Waals surface area contributed by atoms with Crippen molar-refractivity contribution in [2.75, 3.05) is 13.2 Å². The molecule has 11 nitrogen and oxygen atoms in total. The van der Waals surface area contributed by atoms with E-state index in [1.165, 1.54) is 6.92 Å². The molecular weight excluding hydrogens is 342 g/mol. The van der Waals surface area contributed by atoms with Gasteiger partial charge in [-0.1, -0.05) is 0 Å². The van der Waals surface area contributed by atoms with Crippen LogP contribution in [0.2, 0.25) is 0 Å². The summed E-state index contributed by atoms with van der Waals surface area (Å²) in [6, 6.07) is 0. The van der Waals surface area contributed by atoms with E-state index in [0.717, 1.165) is 6.26 Å². The molecule has 1 fully saturated rings. The van der Waals surface area contributed by atoms with Gasteiger partial charge < -0.3 is 50.2 Å². The number of ether oxygens (including phenoxy) is 3. The molecule has 0 spiro atoms. The highest BCUT2D eigenvalue weighted by molar-refractivity contribution is 5.75. The maximum atomic E-state index is 11.2. The molecule has 8 atom stereocenters. The fourth-order valence-electron chi connectivity index (χ4n) is 2.64. The Morgan fingerprint density at radius 1 is 1.12 bits per heavy atom. The number of amides is 1. The van der Waals surface area contributed by atoms with Crippen molar-refractivity contribution >= 4 is 5.91 Å². The molecule has 2 aliphatic rings. The van der Waals surface area contributed by atoms with E-state index in [0.29, 0.717) is 0 Å². The van der Waals surface area contributed by atoms with Crippen molar-refractivity contribution in [2.24, 2.45) is 0 Å². The fraction of sp³-hybridized carbons (Fsp3) is 0.786. The Kier molecular flexibility index (Phi) is 6.71. The third kappa shape index (κ3) is 4.27. The molecule has 2 rings (SSSR count). The van der Waals surface area contributed by atoms with Crippen LogP contribution in [0.4, 0.5) is 0 Å². The van der Waals surface area contributed by atoms with Gasteiger partial charge in [-0.05, 0) is 0 Å². The van der Waals surface area contributed by atoms with Crippen LogP contribution in [0.25, 0.3) is 0 Å². The van der Waals surface area contributed by atoms with Gasteiger partial charge in [0.05, 0.1) is 18.9 Å². The second kappa shape index (κ2) is 8.38. The highest BCUT2D eigenvalue weighted by atomic mass is 16.7. The molecule has 1 amide bonds. The zero-order chi connectivity index (χ0) is 18.7. The van der Waals surface area contributed by atoms with Crippen molar-refractivity contribution in [3.63, 3.8) is 0 Å². The predicted molar refractivity (Wildman–Crippen MR) is 78.5 cm³/mol. The lowest BCUT2D eigenvalue weighted by Gasteiger charge is -2.43. The predicted octanol–water partition coefficient (Wildman–Crippen LogP) is -4.10. The Balaban J connectivity index is 2.15. The fourth-order valence-corrected chi connectivity index (χ4v) is 2.64. The van der Waals surface area contributed by atoms with Crippen LogP contribution >= 0.6 is 0 Å². The number of hydrogen-bond donors (Lipinski definition) is 7. The molecule has 11 heteroatoms. The number of carbonyl (C=O) groups excluding carboxylic acids is 1. The first-order valence-electron chi connectivity index (χ1n) is 7.68. The zero-order valence-electron chi connectivity index (χ0n) is 13.4. The van der Waals surface area contributed by atoms with E-state index in [9.17, 15) is 35.4 Å². The van der Waals surface area contributed by atoms with Crippen LogP contribution < -0.4 is 5.32 Å². The molecule has 2 heterocycles. The second-order valence-electron chi connectivity index (χ2n) is 5.85. The molecule has 2 aliphatic heterocycles. The Morgan fingerprint density at radius 3 is 2.32 bits per heavy atom. The van der Waals surface area contributed by atoms with Gasteiger partial charge in [-0.25, -0.2) is 0 Å². The second-order valence-corrected chi connectivity index (χ2v) is 5.85. The summed E-state index contributed by atoms with van der Waals surface area (Å²) < 4.78 is 15.8. The molecule has 0 radical (unpaired) electrons. The van der Waals surface area contributed by atoms with Crippen molar-refractivity contribution in [3.8, 4) is 0 Å². The quantitative estimate of drug-likeness (QED) is 0.253. The van der Waals surface area contributed by atoms with E-state index in [4.69, 9.17) is 14.2 Å². The van der Waals surface area contributed by atoms with Gasteiger partial charge in [-0.3, -0.25) is 4.79 Å². The minimum absolute atomic E-state index is 0.0215. The third-order valence-electron chi connectivity index (χ3n) is 4.01. The van der Waals surface area contributed by atoms with Gasteiger partial charge in [0.2, 0.25) is 5.91 Å². The topological polar surface area (TPSA) is 178 Å². The van der Waals surface area contributed by atoms with Crippen LogP contribution in [0.3, 0.4) is 0 Å². The lowest BCUT2D eigenvalue weighted by Crippen LogP contribution is -2.61. The Morgan fingerprint density at radius 2 is 1.76 bits per heavy atom. The van der Waals surface area contributed by atoms with Crippen LogP contribution in [0.5, 0.6) is 0 Å². The largest absolute Gasteiger partial charge is 0.491 e. The van der Waals surface area contributed by atoms with Gasteiger partial charge in [0, 0.05) is 6.92 Å². The van der Waals surface area contributed by atoms with E-state index in [1.807, 2.05) is 0 Å². The van der Waals surface area contributed by atoms with Crippen LogP contribution in [-0.2, 0) is 19.0 Å². The lowest BCUT2D eigenvalue weighted by atomic mass is 9.98. The number of aliphatic hydroxyl groups is 6. The number of nitrogens with one attached hydrogen (secondary N) is 1. The number of aliphatic hydroxyl groups excluding tert-OH is 6. The summed E-state index contributed by atoms with van der Waals surface area (Å²) in [5.41, 5.74) is -0.0215. The van der Waals surface area contributed by atoms with E-state index in [-0.39, 0.29) is 5.70 Å². The van der Waals surface area contributed by atoms with Crippen LogP contribution in [0.1, 0.15) is 6.92 Å². The molecule has 1 saturated heterocycles. The SMILES string of the molecule is CC(=O)NC1=COC(CO)C(OC2OC(CO)C(O)C(O)C2O)C1O. The van der Waals surface area contributed by atoms with Gasteiger partial charge in [0.1, 0.15) is 49.0 Å². The van der Waals surface area contributed by atoms with Crippen molar-refractivity contribution in [1.29, 1.82) is 0 Å². The maximum absolute atomic E-state index is 11.2. The standard InChI is InChI=1S/C14H23NO10/c1-5(18)15-6-4-23-8(3-17)13(9(6)19)25-14-12(22)11(21)10(20)7(2-16)24-14/h4,7-14,16-17,19-22H,2-3H2,1H3,(H,15,18). The van der Waals surface area contributed by atoms with Crippen molar-refractivity contribution < 1.29 is 49.6 Å². The molecule has 0 aromatic rings. The van der Waals surface area contributed by atoms with E-state index in [1.54, 1.807) is 0 Å². The average Bonchev–Trinajstić information content (AvgIpc) is 2.58. The molecule has 7 N–H and O–H groups in total. The summed E-state index contributed by atoms with van der Waals surface area (Å²) in [6.07, 6.45) is -10.3. The Labute approximate surface area is 143 Å². The zero-order valence-corrected chi connectivity index (χ0v) is 13.4. The molecule has 8 unspecified atom stereocenters. The maximum Gasteiger partial charge on any atom is 0.221 e. The summed E-state index contributed by atoms with van der Waals surface area (Å²) in [5, 5.41) is 60.8. The summed E-state index contributed by atoms with van der Waals surface area (Å²) in [5.74, 6) is -0.470. The molecule has 0 saturated carbocycles. The van der Waals surface area contributed by atoms with Crippen molar-refractivity contribution in [1.82, 2.24) is 5.32 Å². The van der Waals surface area contributed by atoms with E-state index in [2.05, 4.69) is 5.32 Å². The van der Waals surface area contributed by atoms with E-state index >= 15 is 0 Å². The molecule has 144 valence electrons.